The second-order valence-electron chi connectivity index (χ2n) is 7.25. The Labute approximate surface area is 153 Å². The van der Waals surface area contributed by atoms with Crippen molar-refractivity contribution in [3.8, 4) is 0 Å². The van der Waals surface area contributed by atoms with E-state index in [4.69, 9.17) is 0 Å². The molecular weight excluding hydrogens is 330 g/mol. The number of hydrogen-bond acceptors (Lipinski definition) is 3. The van der Waals surface area contributed by atoms with Crippen molar-refractivity contribution < 1.29 is 4.79 Å². The number of benzene rings is 1. The summed E-state index contributed by atoms with van der Waals surface area (Å²) in [4.78, 5) is 19.6. The molecule has 1 amide bonds. The molecule has 3 fully saturated rings. The highest BCUT2D eigenvalue weighted by molar-refractivity contribution is 7.99. The van der Waals surface area contributed by atoms with Gasteiger partial charge in [0.05, 0.1) is 5.03 Å². The Balaban J connectivity index is 1.40. The van der Waals surface area contributed by atoms with Crippen molar-refractivity contribution in [3.05, 3.63) is 47.7 Å². The fraction of sp³-hybridized carbons (Fsp3) is 0.450. The summed E-state index contributed by atoms with van der Waals surface area (Å²) < 4.78 is 0. The summed E-state index contributed by atoms with van der Waals surface area (Å²) >= 11 is 1.68. The van der Waals surface area contributed by atoms with Gasteiger partial charge in [-0.25, -0.2) is 0 Å². The van der Waals surface area contributed by atoms with E-state index in [1.54, 1.807) is 11.8 Å². The van der Waals surface area contributed by atoms with Crippen molar-refractivity contribution in [2.45, 2.75) is 48.7 Å². The SMILES string of the molecule is Cc1ccc(Sc2ccc(C(=O)NC3C4CCN(CC4)C3C)cc2)[nH]1. The fourth-order valence-corrected chi connectivity index (χ4v) is 4.99. The lowest BCUT2D eigenvalue weighted by Crippen LogP contribution is -2.62. The number of nitrogens with one attached hydrogen (secondary N) is 2. The van der Waals surface area contributed by atoms with Crippen LogP contribution in [0.1, 0.15) is 35.8 Å². The van der Waals surface area contributed by atoms with Crippen LogP contribution in [0, 0.1) is 12.8 Å². The zero-order valence-corrected chi connectivity index (χ0v) is 15.6. The number of carbonyl (C=O) groups excluding carboxylic acids is 1. The maximum absolute atomic E-state index is 12.7. The minimum Gasteiger partial charge on any atom is -0.354 e. The molecule has 1 aromatic carbocycles. The van der Waals surface area contributed by atoms with Gasteiger partial charge in [-0.2, -0.15) is 0 Å². The third kappa shape index (κ3) is 3.48. The van der Waals surface area contributed by atoms with E-state index >= 15 is 0 Å². The van der Waals surface area contributed by atoms with Crippen LogP contribution in [0.2, 0.25) is 0 Å². The molecule has 2 bridgehead atoms. The first-order chi connectivity index (χ1) is 12.1. The van der Waals surface area contributed by atoms with Crippen molar-refractivity contribution in [3.63, 3.8) is 0 Å². The van der Waals surface area contributed by atoms with Crippen LogP contribution in [0.25, 0.3) is 0 Å². The molecular formula is C20H25N3OS. The van der Waals surface area contributed by atoms with E-state index in [1.807, 2.05) is 31.2 Å². The maximum Gasteiger partial charge on any atom is 0.251 e. The molecule has 1 aromatic heterocycles. The Morgan fingerprint density at radius 2 is 1.88 bits per heavy atom. The predicted molar refractivity (Wildman–Crippen MR) is 101 cm³/mol. The Morgan fingerprint density at radius 3 is 2.48 bits per heavy atom. The molecule has 2 N–H and O–H groups in total. The number of amides is 1. The third-order valence-corrected chi connectivity index (χ3v) is 6.59. The summed E-state index contributed by atoms with van der Waals surface area (Å²) in [7, 11) is 0. The predicted octanol–water partition coefficient (Wildman–Crippen LogP) is 3.69. The Bertz CT molecular complexity index is 745. The van der Waals surface area contributed by atoms with Crippen LogP contribution in [-0.4, -0.2) is 41.0 Å². The first-order valence-electron chi connectivity index (χ1n) is 9.08. The first kappa shape index (κ1) is 16.7. The zero-order valence-electron chi connectivity index (χ0n) is 14.8. The molecule has 5 heteroatoms. The van der Waals surface area contributed by atoms with Crippen LogP contribution in [0.5, 0.6) is 0 Å². The van der Waals surface area contributed by atoms with E-state index in [-0.39, 0.29) is 11.9 Å². The largest absolute Gasteiger partial charge is 0.354 e. The molecule has 0 radical (unpaired) electrons. The Morgan fingerprint density at radius 1 is 1.16 bits per heavy atom. The molecule has 2 unspecified atom stereocenters. The molecule has 4 nitrogen and oxygen atoms in total. The topological polar surface area (TPSA) is 48.1 Å². The highest BCUT2D eigenvalue weighted by atomic mass is 32.2. The van der Waals surface area contributed by atoms with E-state index < -0.39 is 0 Å². The molecule has 0 aliphatic carbocycles. The van der Waals surface area contributed by atoms with Gasteiger partial charge in [-0.05, 0) is 82.1 Å². The average molecular weight is 356 g/mol. The molecule has 25 heavy (non-hydrogen) atoms. The standard InChI is InChI=1S/C20H25N3OS/c1-13-3-8-18(21-13)25-17-6-4-16(5-7-17)20(24)22-19-14(2)23-11-9-15(19)10-12-23/h3-8,14-15,19,21H,9-12H2,1-2H3,(H,22,24). The van der Waals surface area contributed by atoms with Crippen LogP contribution in [-0.2, 0) is 0 Å². The lowest BCUT2D eigenvalue weighted by atomic mass is 9.79. The van der Waals surface area contributed by atoms with Gasteiger partial charge in [-0.3, -0.25) is 9.69 Å². The van der Waals surface area contributed by atoms with Crippen LogP contribution < -0.4 is 5.32 Å². The fourth-order valence-electron chi connectivity index (χ4n) is 4.12. The van der Waals surface area contributed by atoms with Gasteiger partial charge >= 0.3 is 0 Å². The molecule has 5 rings (SSSR count). The summed E-state index contributed by atoms with van der Waals surface area (Å²) in [5.41, 5.74) is 1.90. The first-order valence-corrected chi connectivity index (χ1v) is 9.90. The number of nitrogens with zero attached hydrogens (tertiary/aromatic N) is 1. The Hall–Kier alpha value is -1.72. The Kier molecular flexibility index (Phi) is 4.61. The number of H-pyrrole nitrogens is 1. The van der Waals surface area contributed by atoms with Crippen molar-refractivity contribution in [1.82, 2.24) is 15.2 Å². The molecule has 132 valence electrons. The smallest absolute Gasteiger partial charge is 0.251 e. The molecule has 2 atom stereocenters. The van der Waals surface area contributed by atoms with Crippen molar-refractivity contribution >= 4 is 17.7 Å². The van der Waals surface area contributed by atoms with E-state index in [9.17, 15) is 4.79 Å². The van der Waals surface area contributed by atoms with Gasteiger partial charge in [-0.15, -0.1) is 0 Å². The molecule has 2 aromatic rings. The number of rotatable bonds is 4. The molecule has 0 spiro atoms. The highest BCUT2D eigenvalue weighted by Gasteiger charge is 2.40. The van der Waals surface area contributed by atoms with E-state index in [2.05, 4.69) is 34.3 Å². The quantitative estimate of drug-likeness (QED) is 0.879. The van der Waals surface area contributed by atoms with Crippen LogP contribution in [0.3, 0.4) is 0 Å². The van der Waals surface area contributed by atoms with Crippen LogP contribution in [0.15, 0.2) is 46.3 Å². The molecule has 0 saturated carbocycles. The maximum atomic E-state index is 12.7. The van der Waals surface area contributed by atoms with Gasteiger partial charge in [0.15, 0.2) is 0 Å². The molecule has 3 saturated heterocycles. The number of hydrogen-bond donors (Lipinski definition) is 2. The van der Waals surface area contributed by atoms with Crippen LogP contribution >= 0.6 is 11.8 Å². The number of fused-ring (bicyclic) bond motifs is 3. The summed E-state index contributed by atoms with van der Waals surface area (Å²) in [5.74, 6) is 0.688. The molecule has 3 aliphatic rings. The van der Waals surface area contributed by atoms with Gasteiger partial charge in [0, 0.05) is 28.2 Å². The van der Waals surface area contributed by atoms with E-state index in [0.717, 1.165) is 21.2 Å². The number of piperidine rings is 3. The van der Waals surface area contributed by atoms with Crippen LogP contribution in [0.4, 0.5) is 0 Å². The van der Waals surface area contributed by atoms with Gasteiger partial charge in [0.25, 0.3) is 5.91 Å². The van der Waals surface area contributed by atoms with Crippen molar-refractivity contribution in [1.29, 1.82) is 0 Å². The third-order valence-electron chi connectivity index (χ3n) is 5.62. The number of aryl methyl sites for hydroxylation is 1. The minimum absolute atomic E-state index is 0.0536. The lowest BCUT2D eigenvalue weighted by Gasteiger charge is -2.49. The lowest BCUT2D eigenvalue weighted by molar-refractivity contribution is 0.0217. The number of aromatic amines is 1. The highest BCUT2D eigenvalue weighted by Crippen LogP contribution is 2.32. The second kappa shape index (κ2) is 6.89. The van der Waals surface area contributed by atoms with E-state index in [1.165, 1.54) is 25.9 Å². The normalized spacial score (nSPS) is 28.1. The monoisotopic (exact) mass is 355 g/mol. The molecule has 4 heterocycles. The summed E-state index contributed by atoms with van der Waals surface area (Å²) in [6, 6.07) is 12.8. The number of carbonyl (C=O) groups is 1. The van der Waals surface area contributed by atoms with Gasteiger partial charge < -0.3 is 10.3 Å². The van der Waals surface area contributed by atoms with Gasteiger partial charge in [0.1, 0.15) is 0 Å². The van der Waals surface area contributed by atoms with E-state index in [0.29, 0.717) is 12.0 Å². The molecule has 3 aliphatic heterocycles. The zero-order chi connectivity index (χ0) is 17.4. The van der Waals surface area contributed by atoms with Gasteiger partial charge in [-0.1, -0.05) is 11.8 Å². The average Bonchev–Trinajstić information content (AvgIpc) is 3.04. The van der Waals surface area contributed by atoms with Gasteiger partial charge in [0.2, 0.25) is 0 Å². The van der Waals surface area contributed by atoms with Crippen molar-refractivity contribution in [2.24, 2.45) is 5.92 Å². The minimum atomic E-state index is 0.0536. The summed E-state index contributed by atoms with van der Waals surface area (Å²) in [6.45, 7) is 6.66. The van der Waals surface area contributed by atoms with Crippen molar-refractivity contribution in [2.75, 3.05) is 13.1 Å². The summed E-state index contributed by atoms with van der Waals surface area (Å²) in [5, 5.41) is 4.42. The number of aromatic nitrogens is 1. The summed E-state index contributed by atoms with van der Waals surface area (Å²) in [6.07, 6.45) is 2.42. The second-order valence-corrected chi connectivity index (χ2v) is 8.36.